The van der Waals surface area contributed by atoms with Gasteiger partial charge in [-0.3, -0.25) is 19.7 Å². The number of benzene rings is 1. The molecule has 1 saturated heterocycles. The molecule has 0 atom stereocenters. The van der Waals surface area contributed by atoms with E-state index in [9.17, 15) is 4.79 Å². The summed E-state index contributed by atoms with van der Waals surface area (Å²) in [5.74, 6) is 0. The van der Waals surface area contributed by atoms with Crippen LogP contribution in [0.1, 0.15) is 23.7 Å². The van der Waals surface area contributed by atoms with E-state index in [0.29, 0.717) is 11.1 Å². The fourth-order valence-electron chi connectivity index (χ4n) is 2.94. The number of carbonyl (C=O) groups excluding carboxylic acids is 1. The molecule has 110 valence electrons. The Hall–Kier alpha value is -2.01. The van der Waals surface area contributed by atoms with E-state index in [1.165, 1.54) is 13.0 Å². The van der Waals surface area contributed by atoms with Crippen molar-refractivity contribution in [1.82, 2.24) is 14.9 Å². The van der Waals surface area contributed by atoms with Gasteiger partial charge in [-0.25, -0.2) is 0 Å². The molecule has 1 aliphatic rings. The summed E-state index contributed by atoms with van der Waals surface area (Å²) >= 11 is 0. The molecule has 2 aromatic rings. The Morgan fingerprint density at radius 1 is 1.10 bits per heavy atom. The molecule has 0 aliphatic carbocycles. The van der Waals surface area contributed by atoms with Crippen LogP contribution >= 0.6 is 0 Å². The highest BCUT2D eigenvalue weighted by Gasteiger charge is 2.19. The van der Waals surface area contributed by atoms with Gasteiger partial charge in [-0.1, -0.05) is 6.92 Å². The van der Waals surface area contributed by atoms with Crippen molar-refractivity contribution in [2.24, 2.45) is 0 Å². The van der Waals surface area contributed by atoms with E-state index in [2.05, 4.69) is 26.7 Å². The Kier molecular flexibility index (Phi) is 4.10. The smallest absolute Gasteiger partial charge is 0.152 e. The van der Waals surface area contributed by atoms with E-state index in [1.54, 1.807) is 12.4 Å². The Balaban J connectivity index is 1.90. The first-order valence-electron chi connectivity index (χ1n) is 7.49. The third-order valence-corrected chi connectivity index (χ3v) is 4.01. The molecule has 3 rings (SSSR count). The lowest BCUT2D eigenvalue weighted by Crippen LogP contribution is -2.46. The molecule has 2 heterocycles. The number of hydrogen-bond donors (Lipinski definition) is 0. The van der Waals surface area contributed by atoms with Gasteiger partial charge in [0.25, 0.3) is 0 Å². The van der Waals surface area contributed by atoms with Gasteiger partial charge in [0, 0.05) is 44.1 Å². The molecule has 5 heteroatoms. The molecule has 5 nitrogen and oxygen atoms in total. The average molecular weight is 284 g/mol. The highest BCUT2D eigenvalue weighted by molar-refractivity contribution is 5.99. The van der Waals surface area contributed by atoms with Gasteiger partial charge in [-0.2, -0.15) is 0 Å². The minimum absolute atomic E-state index is 0.603. The number of carbonyl (C=O) groups is 1. The SMILES string of the molecule is CCCN1CCN(c2ccc(C=O)c3nccnc23)CC1. The summed E-state index contributed by atoms with van der Waals surface area (Å²) in [7, 11) is 0. The zero-order valence-corrected chi connectivity index (χ0v) is 12.3. The normalized spacial score (nSPS) is 16.3. The fourth-order valence-corrected chi connectivity index (χ4v) is 2.94. The van der Waals surface area contributed by atoms with Crippen LogP contribution in [0.3, 0.4) is 0 Å². The second kappa shape index (κ2) is 6.18. The van der Waals surface area contributed by atoms with Gasteiger partial charge >= 0.3 is 0 Å². The Bertz CT molecular complexity index is 635. The summed E-state index contributed by atoms with van der Waals surface area (Å²) in [5.41, 5.74) is 3.21. The maximum atomic E-state index is 11.1. The molecule has 0 saturated carbocycles. The molecular formula is C16H20N4O. The van der Waals surface area contributed by atoms with Gasteiger partial charge < -0.3 is 4.90 Å². The molecule has 0 amide bonds. The number of rotatable bonds is 4. The molecule has 1 aromatic carbocycles. The predicted octanol–water partition coefficient (Wildman–Crippen LogP) is 1.97. The second-order valence-corrected chi connectivity index (χ2v) is 5.37. The van der Waals surface area contributed by atoms with E-state index >= 15 is 0 Å². The third-order valence-electron chi connectivity index (χ3n) is 4.01. The quantitative estimate of drug-likeness (QED) is 0.803. The van der Waals surface area contributed by atoms with Gasteiger partial charge in [-0.05, 0) is 25.1 Å². The maximum Gasteiger partial charge on any atom is 0.152 e. The number of aldehydes is 1. The molecule has 0 spiro atoms. The van der Waals surface area contributed by atoms with Crippen LogP contribution in [0.25, 0.3) is 11.0 Å². The van der Waals surface area contributed by atoms with Crippen LogP contribution < -0.4 is 4.90 Å². The number of hydrogen-bond acceptors (Lipinski definition) is 5. The largest absolute Gasteiger partial charge is 0.367 e. The van der Waals surface area contributed by atoms with Crippen molar-refractivity contribution in [1.29, 1.82) is 0 Å². The van der Waals surface area contributed by atoms with Gasteiger partial charge in [-0.15, -0.1) is 0 Å². The fraction of sp³-hybridized carbons (Fsp3) is 0.438. The summed E-state index contributed by atoms with van der Waals surface area (Å²) in [6.45, 7) is 7.51. The van der Waals surface area contributed by atoms with E-state index < -0.39 is 0 Å². The first kappa shape index (κ1) is 13.9. The number of nitrogens with zero attached hydrogens (tertiary/aromatic N) is 4. The van der Waals surface area contributed by atoms with E-state index in [-0.39, 0.29) is 0 Å². The lowest BCUT2D eigenvalue weighted by Gasteiger charge is -2.36. The zero-order chi connectivity index (χ0) is 14.7. The van der Waals surface area contributed by atoms with Crippen LogP contribution in [0.4, 0.5) is 5.69 Å². The average Bonchev–Trinajstić information content (AvgIpc) is 2.55. The summed E-state index contributed by atoms with van der Waals surface area (Å²) in [5, 5.41) is 0. The third kappa shape index (κ3) is 2.74. The van der Waals surface area contributed by atoms with Crippen molar-refractivity contribution in [3.8, 4) is 0 Å². The van der Waals surface area contributed by atoms with Gasteiger partial charge in [0.2, 0.25) is 0 Å². The van der Waals surface area contributed by atoms with Gasteiger partial charge in [0.1, 0.15) is 11.0 Å². The lowest BCUT2D eigenvalue weighted by atomic mass is 10.1. The van der Waals surface area contributed by atoms with E-state index in [4.69, 9.17) is 0 Å². The number of aromatic nitrogens is 2. The highest BCUT2D eigenvalue weighted by atomic mass is 16.1. The van der Waals surface area contributed by atoms with E-state index in [0.717, 1.165) is 43.7 Å². The van der Waals surface area contributed by atoms with Crippen molar-refractivity contribution in [3.05, 3.63) is 30.1 Å². The summed E-state index contributed by atoms with van der Waals surface area (Å²) < 4.78 is 0. The van der Waals surface area contributed by atoms with Crippen LogP contribution in [0.15, 0.2) is 24.5 Å². The zero-order valence-electron chi connectivity index (χ0n) is 12.3. The van der Waals surface area contributed by atoms with Crippen molar-refractivity contribution < 1.29 is 4.79 Å². The van der Waals surface area contributed by atoms with Gasteiger partial charge in [0.05, 0.1) is 5.69 Å². The molecule has 0 bridgehead atoms. The lowest BCUT2D eigenvalue weighted by molar-refractivity contribution is 0.112. The molecule has 0 N–H and O–H groups in total. The predicted molar refractivity (Wildman–Crippen MR) is 83.9 cm³/mol. The van der Waals surface area contributed by atoms with Crippen molar-refractivity contribution in [3.63, 3.8) is 0 Å². The van der Waals surface area contributed by atoms with Crippen molar-refractivity contribution in [2.75, 3.05) is 37.6 Å². The summed E-state index contributed by atoms with van der Waals surface area (Å²) in [6.07, 6.45) is 5.37. The van der Waals surface area contributed by atoms with Crippen LogP contribution in [0.5, 0.6) is 0 Å². The topological polar surface area (TPSA) is 49.3 Å². The van der Waals surface area contributed by atoms with Gasteiger partial charge in [0.15, 0.2) is 6.29 Å². The van der Waals surface area contributed by atoms with Crippen LogP contribution in [-0.2, 0) is 0 Å². The molecule has 0 unspecified atom stereocenters. The first-order chi connectivity index (χ1) is 10.3. The minimum atomic E-state index is 0.603. The van der Waals surface area contributed by atoms with E-state index in [1.807, 2.05) is 12.1 Å². The number of anilines is 1. The summed E-state index contributed by atoms with van der Waals surface area (Å²) in [4.78, 5) is 24.7. The Morgan fingerprint density at radius 2 is 1.81 bits per heavy atom. The molecule has 0 radical (unpaired) electrons. The standard InChI is InChI=1S/C16H20N4O/c1-2-7-19-8-10-20(11-9-19)14-4-3-13(12-21)15-16(14)18-6-5-17-15/h3-6,12H,2,7-11H2,1H3. The monoisotopic (exact) mass is 284 g/mol. The molecule has 21 heavy (non-hydrogen) atoms. The van der Waals surface area contributed by atoms with Crippen LogP contribution in [-0.4, -0.2) is 53.9 Å². The maximum absolute atomic E-state index is 11.1. The number of fused-ring (bicyclic) bond motifs is 1. The Morgan fingerprint density at radius 3 is 2.48 bits per heavy atom. The molecule has 1 aliphatic heterocycles. The van der Waals surface area contributed by atoms with Crippen LogP contribution in [0.2, 0.25) is 0 Å². The Labute approximate surface area is 124 Å². The van der Waals surface area contributed by atoms with Crippen molar-refractivity contribution in [2.45, 2.75) is 13.3 Å². The molecule has 1 aromatic heterocycles. The highest BCUT2D eigenvalue weighted by Crippen LogP contribution is 2.26. The summed E-state index contributed by atoms with van der Waals surface area (Å²) in [6, 6.07) is 3.84. The van der Waals surface area contributed by atoms with Crippen LogP contribution in [0, 0.1) is 0 Å². The molecule has 1 fully saturated rings. The molecular weight excluding hydrogens is 264 g/mol. The first-order valence-corrected chi connectivity index (χ1v) is 7.49. The van der Waals surface area contributed by atoms with Crippen molar-refractivity contribution >= 4 is 23.0 Å². The minimum Gasteiger partial charge on any atom is -0.367 e. The second-order valence-electron chi connectivity index (χ2n) is 5.37. The number of piperazine rings is 1.